The third-order valence-corrected chi connectivity index (χ3v) is 6.73. The first-order valence-electron chi connectivity index (χ1n) is 11.5. The summed E-state index contributed by atoms with van der Waals surface area (Å²) >= 11 is 1.50. The van der Waals surface area contributed by atoms with Gasteiger partial charge in [-0.2, -0.15) is 10.0 Å². The summed E-state index contributed by atoms with van der Waals surface area (Å²) in [6.07, 6.45) is 1.22. The van der Waals surface area contributed by atoms with Crippen LogP contribution >= 0.6 is 11.3 Å². The fourth-order valence-corrected chi connectivity index (χ4v) is 4.85. The first-order chi connectivity index (χ1) is 17.5. The van der Waals surface area contributed by atoms with Crippen molar-refractivity contribution >= 4 is 50.5 Å². The fraction of sp³-hybridized carbons (Fsp3) is 0.192. The van der Waals surface area contributed by atoms with E-state index in [0.717, 1.165) is 28.1 Å². The molecule has 10 heteroatoms. The van der Waals surface area contributed by atoms with E-state index >= 15 is 0 Å². The van der Waals surface area contributed by atoms with Gasteiger partial charge in [-0.15, -0.1) is 11.3 Å². The third-order valence-electron chi connectivity index (χ3n) is 5.84. The summed E-state index contributed by atoms with van der Waals surface area (Å²) in [6, 6.07) is 17.3. The van der Waals surface area contributed by atoms with Gasteiger partial charge in [0.1, 0.15) is 10.4 Å². The second kappa shape index (κ2) is 10.3. The van der Waals surface area contributed by atoms with E-state index in [1.807, 2.05) is 23.6 Å². The number of carbonyl (C=O) groups excluding carboxylic acids is 1. The van der Waals surface area contributed by atoms with Crippen molar-refractivity contribution in [3.8, 4) is 11.6 Å². The molecule has 0 radical (unpaired) electrons. The largest absolute Gasteiger partial charge is 0.437 e. The first-order valence-corrected chi connectivity index (χ1v) is 12.4. The Labute approximate surface area is 212 Å². The van der Waals surface area contributed by atoms with Crippen LogP contribution in [-0.2, 0) is 4.79 Å². The predicted octanol–water partition coefficient (Wildman–Crippen LogP) is 5.25. The highest BCUT2D eigenvalue weighted by Gasteiger charge is 2.22. The van der Waals surface area contributed by atoms with Crippen molar-refractivity contribution in [2.75, 3.05) is 35.2 Å². The van der Waals surface area contributed by atoms with E-state index in [1.54, 1.807) is 24.3 Å². The molecule has 1 fully saturated rings. The second-order valence-corrected chi connectivity index (χ2v) is 9.35. The molecule has 0 bridgehead atoms. The molecule has 1 amide bonds. The molecule has 3 N–H and O–H groups in total. The molecular formula is C26H26N6O3S. The number of nitrogens with zero attached hydrogens (tertiary/aromatic N) is 4. The van der Waals surface area contributed by atoms with E-state index in [2.05, 4.69) is 51.1 Å². The lowest BCUT2D eigenvalue weighted by Gasteiger charge is -2.38. The summed E-state index contributed by atoms with van der Waals surface area (Å²) in [5.74, 6) is 1.09. The van der Waals surface area contributed by atoms with Gasteiger partial charge in [0, 0.05) is 48.8 Å². The molecule has 5 rings (SSSR count). The maximum absolute atomic E-state index is 11.6. The molecule has 0 aliphatic carbocycles. The number of benzene rings is 2. The number of anilines is 4. The highest BCUT2D eigenvalue weighted by Crippen LogP contribution is 2.34. The molecule has 1 atom stereocenters. The number of piperazine rings is 1. The molecule has 2 aromatic carbocycles. The minimum absolute atomic E-state index is 0.218. The number of thiophene rings is 1. The van der Waals surface area contributed by atoms with Gasteiger partial charge in [0.15, 0.2) is 0 Å². The lowest BCUT2D eigenvalue weighted by atomic mass is 10.1. The zero-order valence-corrected chi connectivity index (χ0v) is 20.5. The molecule has 0 spiro atoms. The number of fused-ring (bicyclic) bond motifs is 1. The van der Waals surface area contributed by atoms with Gasteiger partial charge in [0.2, 0.25) is 17.7 Å². The molecule has 36 heavy (non-hydrogen) atoms. The average molecular weight is 503 g/mol. The van der Waals surface area contributed by atoms with E-state index in [-0.39, 0.29) is 11.9 Å². The smallest absolute Gasteiger partial charge is 0.247 e. The number of hydrogen-bond acceptors (Lipinski definition) is 9. The Morgan fingerprint density at radius 3 is 2.78 bits per heavy atom. The van der Waals surface area contributed by atoms with Gasteiger partial charge in [-0.1, -0.05) is 12.6 Å². The van der Waals surface area contributed by atoms with Crippen LogP contribution in [0.1, 0.15) is 6.92 Å². The lowest BCUT2D eigenvalue weighted by Crippen LogP contribution is -2.50. The van der Waals surface area contributed by atoms with Crippen LogP contribution in [0.25, 0.3) is 10.2 Å². The van der Waals surface area contributed by atoms with Crippen LogP contribution in [0.3, 0.4) is 0 Å². The zero-order valence-electron chi connectivity index (χ0n) is 19.7. The van der Waals surface area contributed by atoms with E-state index in [9.17, 15) is 10.0 Å². The van der Waals surface area contributed by atoms with Crippen molar-refractivity contribution in [2.24, 2.45) is 0 Å². The van der Waals surface area contributed by atoms with E-state index in [0.29, 0.717) is 36.4 Å². The molecule has 4 aromatic rings. The van der Waals surface area contributed by atoms with Gasteiger partial charge in [0.05, 0.1) is 5.52 Å². The summed E-state index contributed by atoms with van der Waals surface area (Å²) in [5.41, 5.74) is 3.32. The van der Waals surface area contributed by atoms with Crippen LogP contribution in [0.5, 0.6) is 11.6 Å². The number of hydrogen-bond donors (Lipinski definition) is 3. The number of hydroxylamine groups is 2. The van der Waals surface area contributed by atoms with Gasteiger partial charge in [-0.05, 0) is 60.8 Å². The van der Waals surface area contributed by atoms with Crippen LogP contribution in [0.15, 0.2) is 72.6 Å². The van der Waals surface area contributed by atoms with Crippen LogP contribution < -0.4 is 20.3 Å². The second-order valence-electron chi connectivity index (χ2n) is 8.44. The molecular weight excluding hydrogens is 476 g/mol. The van der Waals surface area contributed by atoms with Crippen LogP contribution in [0.2, 0.25) is 0 Å². The van der Waals surface area contributed by atoms with Gasteiger partial charge < -0.3 is 25.5 Å². The van der Waals surface area contributed by atoms with Gasteiger partial charge in [-0.25, -0.2) is 4.98 Å². The molecule has 0 saturated carbocycles. The average Bonchev–Trinajstić information content (AvgIpc) is 3.34. The van der Waals surface area contributed by atoms with Gasteiger partial charge in [-0.3, -0.25) is 4.79 Å². The summed E-state index contributed by atoms with van der Waals surface area (Å²) in [4.78, 5) is 23.2. The highest BCUT2D eigenvalue weighted by atomic mass is 32.1. The Morgan fingerprint density at radius 1 is 1.17 bits per heavy atom. The number of rotatable bonds is 7. The molecule has 1 saturated heterocycles. The third kappa shape index (κ3) is 5.30. The van der Waals surface area contributed by atoms with Crippen molar-refractivity contribution in [3.05, 3.63) is 72.6 Å². The van der Waals surface area contributed by atoms with E-state index in [4.69, 9.17) is 4.74 Å². The molecule has 9 nitrogen and oxygen atoms in total. The number of aromatic nitrogens is 2. The predicted molar refractivity (Wildman–Crippen MR) is 143 cm³/mol. The quantitative estimate of drug-likeness (QED) is 0.295. The molecule has 1 aliphatic heterocycles. The van der Waals surface area contributed by atoms with Crippen molar-refractivity contribution in [1.29, 1.82) is 0 Å². The van der Waals surface area contributed by atoms with Crippen molar-refractivity contribution in [3.63, 3.8) is 0 Å². The molecule has 3 heterocycles. The number of nitrogens with one attached hydrogen (secondary N) is 2. The Kier molecular flexibility index (Phi) is 6.81. The van der Waals surface area contributed by atoms with Crippen LogP contribution in [-0.4, -0.2) is 51.8 Å². The van der Waals surface area contributed by atoms with E-state index < -0.39 is 0 Å². The Hall–Kier alpha value is -3.99. The monoisotopic (exact) mass is 502 g/mol. The standard InChI is InChI=1S/C26H26N6O3S/c1-3-23(33)27-19-5-4-6-21(15-19)35-25-24-22(11-14-36-24)29-26(30-25)28-18-7-9-20(10-8-18)32-13-12-31(34)16-17(32)2/h3-11,14-15,17,34H,1,12-13,16H2,2H3,(H,27,33)(H,28,29,30). The first kappa shape index (κ1) is 23.7. The number of carbonyl (C=O) groups is 1. The van der Waals surface area contributed by atoms with Crippen molar-refractivity contribution < 1.29 is 14.7 Å². The molecule has 2 aromatic heterocycles. The minimum Gasteiger partial charge on any atom is -0.437 e. The van der Waals surface area contributed by atoms with Gasteiger partial charge >= 0.3 is 0 Å². The van der Waals surface area contributed by atoms with Crippen LogP contribution in [0.4, 0.5) is 23.0 Å². The Balaban J connectivity index is 1.35. The molecule has 184 valence electrons. The summed E-state index contributed by atoms with van der Waals surface area (Å²) < 4.78 is 6.94. The lowest BCUT2D eigenvalue weighted by molar-refractivity contribution is -0.111. The summed E-state index contributed by atoms with van der Waals surface area (Å²) in [6.45, 7) is 7.57. The maximum atomic E-state index is 11.6. The Morgan fingerprint density at radius 2 is 2.00 bits per heavy atom. The van der Waals surface area contributed by atoms with E-state index in [1.165, 1.54) is 22.5 Å². The molecule has 1 unspecified atom stereocenters. The Bertz CT molecular complexity index is 1390. The normalized spacial score (nSPS) is 16.1. The molecule has 1 aliphatic rings. The van der Waals surface area contributed by atoms with Crippen LogP contribution in [0, 0.1) is 0 Å². The van der Waals surface area contributed by atoms with Crippen molar-refractivity contribution in [2.45, 2.75) is 13.0 Å². The zero-order chi connectivity index (χ0) is 25.1. The fourth-order valence-electron chi connectivity index (χ4n) is 4.09. The highest BCUT2D eigenvalue weighted by molar-refractivity contribution is 7.17. The summed E-state index contributed by atoms with van der Waals surface area (Å²) in [7, 11) is 0. The number of amides is 1. The summed E-state index contributed by atoms with van der Waals surface area (Å²) in [5, 5.41) is 19.0. The SMILES string of the molecule is C=CC(=O)Nc1cccc(Oc2nc(Nc3ccc(N4CCN(O)CC4C)cc3)nc3ccsc23)c1. The van der Waals surface area contributed by atoms with Crippen molar-refractivity contribution in [1.82, 2.24) is 15.0 Å². The topological polar surface area (TPSA) is 103 Å². The van der Waals surface area contributed by atoms with Gasteiger partial charge in [0.25, 0.3) is 0 Å². The minimum atomic E-state index is -0.294. The maximum Gasteiger partial charge on any atom is 0.247 e. The number of ether oxygens (including phenoxy) is 1.